The van der Waals surface area contributed by atoms with E-state index in [1.165, 1.54) is 0 Å². The third-order valence-corrected chi connectivity index (χ3v) is 3.33. The van der Waals surface area contributed by atoms with Gasteiger partial charge in [0.05, 0.1) is 6.61 Å². The fourth-order valence-corrected chi connectivity index (χ4v) is 2.32. The lowest BCUT2D eigenvalue weighted by Crippen LogP contribution is -2.30. The van der Waals surface area contributed by atoms with E-state index in [2.05, 4.69) is 24.8 Å². The molecule has 0 saturated carbocycles. The molecule has 4 heteroatoms. The molecule has 0 heterocycles. The standard InChI is InChI=1S/C15H25ClN2O/c1-12(2)10-18(6-7-19-3)11-14-5-4-13(9-17)8-15(14)16/h4-5,8,12H,6-7,9-11,17H2,1-3H3. The molecule has 0 aromatic heterocycles. The number of hydrogen-bond donors (Lipinski definition) is 1. The van der Waals surface area contributed by atoms with Crippen molar-refractivity contribution in [3.8, 4) is 0 Å². The monoisotopic (exact) mass is 284 g/mol. The lowest BCUT2D eigenvalue weighted by atomic mass is 10.1. The highest BCUT2D eigenvalue weighted by molar-refractivity contribution is 6.31. The van der Waals surface area contributed by atoms with Crippen LogP contribution >= 0.6 is 11.6 Å². The predicted octanol–water partition coefficient (Wildman–Crippen LogP) is 2.90. The highest BCUT2D eigenvalue weighted by atomic mass is 35.5. The summed E-state index contributed by atoms with van der Waals surface area (Å²) < 4.78 is 5.17. The molecular formula is C15H25ClN2O. The van der Waals surface area contributed by atoms with Crippen molar-refractivity contribution >= 4 is 11.6 Å². The summed E-state index contributed by atoms with van der Waals surface area (Å²) in [5, 5.41) is 0.800. The van der Waals surface area contributed by atoms with Crippen LogP contribution in [0.1, 0.15) is 25.0 Å². The third kappa shape index (κ3) is 5.91. The molecule has 0 aliphatic heterocycles. The molecule has 0 aliphatic rings. The van der Waals surface area contributed by atoms with Gasteiger partial charge in [-0.2, -0.15) is 0 Å². The summed E-state index contributed by atoms with van der Waals surface area (Å²) in [6.45, 7) is 8.52. The maximum absolute atomic E-state index is 6.31. The number of methoxy groups -OCH3 is 1. The number of hydrogen-bond acceptors (Lipinski definition) is 3. The molecule has 0 fully saturated rings. The molecule has 19 heavy (non-hydrogen) atoms. The first kappa shape index (κ1) is 16.4. The summed E-state index contributed by atoms with van der Waals surface area (Å²) in [4.78, 5) is 2.37. The van der Waals surface area contributed by atoms with Crippen molar-refractivity contribution in [3.63, 3.8) is 0 Å². The van der Waals surface area contributed by atoms with E-state index in [1.54, 1.807) is 7.11 Å². The second-order valence-electron chi connectivity index (χ2n) is 5.25. The molecule has 0 radical (unpaired) electrons. The number of halogens is 1. The lowest BCUT2D eigenvalue weighted by Gasteiger charge is -2.24. The first-order valence-electron chi connectivity index (χ1n) is 6.75. The van der Waals surface area contributed by atoms with Crippen molar-refractivity contribution in [2.45, 2.75) is 26.9 Å². The average molecular weight is 285 g/mol. The Bertz CT molecular complexity index is 382. The van der Waals surface area contributed by atoms with E-state index in [-0.39, 0.29) is 0 Å². The van der Waals surface area contributed by atoms with Crippen LogP contribution in [0.4, 0.5) is 0 Å². The van der Waals surface area contributed by atoms with Gasteiger partial charge in [-0.05, 0) is 23.1 Å². The van der Waals surface area contributed by atoms with E-state index in [0.29, 0.717) is 12.5 Å². The zero-order valence-corrected chi connectivity index (χ0v) is 12.9. The highest BCUT2D eigenvalue weighted by Crippen LogP contribution is 2.20. The summed E-state index contributed by atoms with van der Waals surface area (Å²) in [7, 11) is 1.73. The number of nitrogens with zero attached hydrogens (tertiary/aromatic N) is 1. The molecule has 0 aliphatic carbocycles. The van der Waals surface area contributed by atoms with Crippen molar-refractivity contribution in [1.82, 2.24) is 4.90 Å². The van der Waals surface area contributed by atoms with Gasteiger partial charge >= 0.3 is 0 Å². The zero-order chi connectivity index (χ0) is 14.3. The normalized spacial score (nSPS) is 11.5. The molecule has 1 aromatic rings. The average Bonchev–Trinajstić information content (AvgIpc) is 2.37. The Morgan fingerprint density at radius 3 is 2.63 bits per heavy atom. The van der Waals surface area contributed by atoms with Gasteiger partial charge in [0, 0.05) is 38.3 Å². The van der Waals surface area contributed by atoms with Crippen LogP contribution in [0, 0.1) is 5.92 Å². The smallest absolute Gasteiger partial charge is 0.0589 e. The molecule has 0 saturated heterocycles. The zero-order valence-electron chi connectivity index (χ0n) is 12.2. The van der Waals surface area contributed by atoms with Gasteiger partial charge < -0.3 is 10.5 Å². The van der Waals surface area contributed by atoms with Crippen molar-refractivity contribution in [3.05, 3.63) is 34.3 Å². The van der Waals surface area contributed by atoms with E-state index in [9.17, 15) is 0 Å². The van der Waals surface area contributed by atoms with E-state index in [4.69, 9.17) is 22.1 Å². The second kappa shape index (κ2) is 8.54. The quantitative estimate of drug-likeness (QED) is 0.798. The van der Waals surface area contributed by atoms with Gasteiger partial charge in [-0.25, -0.2) is 0 Å². The van der Waals surface area contributed by atoms with Crippen LogP contribution in [0.2, 0.25) is 5.02 Å². The number of ether oxygens (including phenoxy) is 1. The minimum absolute atomic E-state index is 0.527. The first-order chi connectivity index (χ1) is 9.06. The van der Waals surface area contributed by atoms with Crippen LogP contribution in [-0.4, -0.2) is 31.7 Å². The molecule has 0 atom stereocenters. The van der Waals surface area contributed by atoms with Crippen LogP contribution in [0.25, 0.3) is 0 Å². The first-order valence-corrected chi connectivity index (χ1v) is 7.13. The van der Waals surface area contributed by atoms with Gasteiger partial charge in [-0.3, -0.25) is 4.90 Å². The molecule has 108 valence electrons. The second-order valence-corrected chi connectivity index (χ2v) is 5.66. The number of nitrogens with two attached hydrogens (primary N) is 1. The Kier molecular flexibility index (Phi) is 7.39. The fourth-order valence-electron chi connectivity index (χ4n) is 2.06. The van der Waals surface area contributed by atoms with Gasteiger partial charge in [0.15, 0.2) is 0 Å². The van der Waals surface area contributed by atoms with Crippen molar-refractivity contribution in [1.29, 1.82) is 0 Å². The summed E-state index contributed by atoms with van der Waals surface area (Å²) >= 11 is 6.31. The maximum Gasteiger partial charge on any atom is 0.0589 e. The highest BCUT2D eigenvalue weighted by Gasteiger charge is 2.10. The van der Waals surface area contributed by atoms with Crippen LogP contribution in [0.15, 0.2) is 18.2 Å². The van der Waals surface area contributed by atoms with Gasteiger partial charge in [-0.1, -0.05) is 37.6 Å². The molecule has 2 N–H and O–H groups in total. The van der Waals surface area contributed by atoms with Crippen molar-refractivity contribution < 1.29 is 4.74 Å². The molecule has 1 aromatic carbocycles. The molecule has 0 unspecified atom stereocenters. The Balaban J connectivity index is 2.71. The maximum atomic E-state index is 6.31. The molecule has 1 rings (SSSR count). The Morgan fingerprint density at radius 2 is 2.11 bits per heavy atom. The van der Waals surface area contributed by atoms with Crippen LogP contribution in [0.3, 0.4) is 0 Å². The third-order valence-electron chi connectivity index (χ3n) is 2.98. The summed E-state index contributed by atoms with van der Waals surface area (Å²) in [6, 6.07) is 6.08. The summed E-state index contributed by atoms with van der Waals surface area (Å²) in [5.41, 5.74) is 7.84. The molecule has 0 spiro atoms. The Hall–Kier alpha value is -0.610. The summed E-state index contributed by atoms with van der Waals surface area (Å²) in [6.07, 6.45) is 0. The Morgan fingerprint density at radius 1 is 1.37 bits per heavy atom. The largest absolute Gasteiger partial charge is 0.383 e. The molecule has 3 nitrogen and oxygen atoms in total. The van der Waals surface area contributed by atoms with Gasteiger partial charge in [0.2, 0.25) is 0 Å². The lowest BCUT2D eigenvalue weighted by molar-refractivity contribution is 0.136. The summed E-state index contributed by atoms with van der Waals surface area (Å²) in [5.74, 6) is 0.624. The predicted molar refractivity (Wildman–Crippen MR) is 81.3 cm³/mol. The van der Waals surface area contributed by atoms with Crippen LogP contribution < -0.4 is 5.73 Å². The van der Waals surface area contributed by atoms with Crippen molar-refractivity contribution in [2.75, 3.05) is 26.8 Å². The van der Waals surface area contributed by atoms with Gasteiger partial charge in [-0.15, -0.1) is 0 Å². The minimum Gasteiger partial charge on any atom is -0.383 e. The fraction of sp³-hybridized carbons (Fsp3) is 0.600. The van der Waals surface area contributed by atoms with E-state index >= 15 is 0 Å². The Labute approximate surface area is 121 Å². The molecule has 0 amide bonds. The van der Waals surface area contributed by atoms with Crippen molar-refractivity contribution in [2.24, 2.45) is 11.7 Å². The van der Waals surface area contributed by atoms with Gasteiger partial charge in [0.25, 0.3) is 0 Å². The number of rotatable bonds is 8. The minimum atomic E-state index is 0.527. The van der Waals surface area contributed by atoms with E-state index in [1.807, 2.05) is 12.1 Å². The van der Waals surface area contributed by atoms with Crippen LogP contribution in [-0.2, 0) is 17.8 Å². The SMILES string of the molecule is COCCN(Cc1ccc(CN)cc1Cl)CC(C)C. The van der Waals surface area contributed by atoms with E-state index < -0.39 is 0 Å². The molecular weight excluding hydrogens is 260 g/mol. The number of benzene rings is 1. The topological polar surface area (TPSA) is 38.5 Å². The van der Waals surface area contributed by atoms with Gasteiger partial charge in [0.1, 0.15) is 0 Å². The van der Waals surface area contributed by atoms with E-state index in [0.717, 1.165) is 42.4 Å². The molecule has 0 bridgehead atoms. The van der Waals surface area contributed by atoms with Crippen LogP contribution in [0.5, 0.6) is 0 Å².